The first-order valence-corrected chi connectivity index (χ1v) is 15.7. The Morgan fingerprint density at radius 2 is 1.67 bits per heavy atom. The van der Waals surface area contributed by atoms with Crippen LogP contribution in [0.4, 0.5) is 13.2 Å². The molecular weight excluding hydrogens is 609 g/mol. The number of halogens is 3. The summed E-state index contributed by atoms with van der Waals surface area (Å²) in [7, 11) is 0. The number of ether oxygens (including phenoxy) is 1. The van der Waals surface area contributed by atoms with Gasteiger partial charge in [0.05, 0.1) is 6.54 Å². The van der Waals surface area contributed by atoms with Gasteiger partial charge in [-0.1, -0.05) is 43.2 Å². The molecule has 45 heavy (non-hydrogen) atoms. The zero-order chi connectivity index (χ0) is 32.1. The number of hydrogen-bond donors (Lipinski definition) is 3. The number of carbonyl (C=O) groups is 3. The summed E-state index contributed by atoms with van der Waals surface area (Å²) in [5.74, 6) is -0.425. The average Bonchev–Trinajstić information content (AvgIpc) is 3.37. The summed E-state index contributed by atoms with van der Waals surface area (Å²) >= 11 is 0.129. The number of rotatable bonds is 6. The number of carbonyl (C=O) groups excluding carboxylic acids is 3. The van der Waals surface area contributed by atoms with E-state index in [1.807, 2.05) is 24.3 Å². The molecule has 2 saturated heterocycles. The summed E-state index contributed by atoms with van der Waals surface area (Å²) in [6.45, 7) is 3.14. The molecule has 0 bridgehead atoms. The Balaban J connectivity index is 1.13. The predicted molar refractivity (Wildman–Crippen MR) is 163 cm³/mol. The number of amides is 3. The van der Waals surface area contributed by atoms with Crippen LogP contribution in [0.1, 0.15) is 59.2 Å². The van der Waals surface area contributed by atoms with Gasteiger partial charge in [0.15, 0.2) is 10.2 Å². The minimum Gasteiger partial charge on any atom is -0.489 e. The predicted octanol–water partition coefficient (Wildman–Crippen LogP) is 4.52. The van der Waals surface area contributed by atoms with E-state index in [9.17, 15) is 27.6 Å². The van der Waals surface area contributed by atoms with E-state index in [0.29, 0.717) is 63.3 Å². The number of amidine groups is 1. The van der Waals surface area contributed by atoms with E-state index in [4.69, 9.17) is 15.6 Å². The van der Waals surface area contributed by atoms with Crippen molar-refractivity contribution in [3.8, 4) is 5.75 Å². The Hall–Kier alpha value is -3.91. The third-order valence-electron chi connectivity index (χ3n) is 8.21. The molecule has 0 aliphatic carbocycles. The van der Waals surface area contributed by atoms with E-state index in [0.717, 1.165) is 29.5 Å². The lowest BCUT2D eigenvalue weighted by Gasteiger charge is -2.35. The second-order valence-electron chi connectivity index (χ2n) is 11.3. The van der Waals surface area contributed by atoms with Crippen molar-refractivity contribution in [2.75, 3.05) is 26.2 Å². The number of alkyl halides is 3. The summed E-state index contributed by atoms with van der Waals surface area (Å²) in [6.07, 6.45) is -1.66. The molecule has 14 heteroatoms. The Morgan fingerprint density at radius 1 is 0.956 bits per heavy atom. The van der Waals surface area contributed by atoms with E-state index in [1.54, 1.807) is 23.1 Å². The van der Waals surface area contributed by atoms with Crippen molar-refractivity contribution in [3.63, 3.8) is 0 Å². The molecule has 2 aromatic rings. The maximum Gasteiger partial charge on any atom is 0.439 e. The third-order valence-corrected chi connectivity index (χ3v) is 9.10. The first-order chi connectivity index (χ1) is 21.5. The van der Waals surface area contributed by atoms with Crippen molar-refractivity contribution in [2.24, 2.45) is 0 Å². The molecule has 2 fully saturated rings. The lowest BCUT2D eigenvalue weighted by atomic mass is 10.1. The number of nitrogens with zero attached hydrogens (tertiary/aromatic N) is 3. The number of piperazine rings is 1. The smallest absolute Gasteiger partial charge is 0.439 e. The minimum absolute atomic E-state index is 0.129. The van der Waals surface area contributed by atoms with Crippen LogP contribution in [0.2, 0.25) is 0 Å². The number of fused-ring (bicyclic) bond motifs is 1. The normalized spacial score (nSPS) is 19.8. The fourth-order valence-electron chi connectivity index (χ4n) is 5.71. The molecule has 0 radical (unpaired) electrons. The highest BCUT2D eigenvalue weighted by Gasteiger charge is 2.39. The largest absolute Gasteiger partial charge is 0.489 e. The van der Waals surface area contributed by atoms with Crippen LogP contribution < -0.4 is 10.1 Å². The molecule has 0 aromatic heterocycles. The molecule has 3 amide bonds. The number of thioether (sulfide) groups is 1. The van der Waals surface area contributed by atoms with Crippen molar-refractivity contribution in [3.05, 3.63) is 64.7 Å². The van der Waals surface area contributed by atoms with Crippen LogP contribution >= 0.6 is 11.8 Å². The van der Waals surface area contributed by atoms with Crippen LogP contribution in [0.25, 0.3) is 0 Å². The summed E-state index contributed by atoms with van der Waals surface area (Å²) in [5, 5.41) is 15.7. The standard InChI is InChI=1S/C31H35F3N6O4S/c32-31(33,34)29(35)45-30(36)39-15-13-38(14-16-39)17-20-9-11-21(12-10-20)19-44-25-7-4-5-22-23(25)18-40(28(22)43)24-6-2-1-3-8-26(41)37-27(24)42/h4-5,7,9-12,24,35-36H,1-3,6,8,13-19H2,(H,37,41,42). The van der Waals surface area contributed by atoms with E-state index in [2.05, 4.69) is 10.2 Å². The first-order valence-electron chi connectivity index (χ1n) is 14.9. The van der Waals surface area contributed by atoms with Crippen molar-refractivity contribution in [1.82, 2.24) is 20.0 Å². The van der Waals surface area contributed by atoms with Gasteiger partial charge >= 0.3 is 6.18 Å². The zero-order valence-corrected chi connectivity index (χ0v) is 25.4. The fraction of sp³-hybridized carbons (Fsp3) is 0.452. The highest BCUT2D eigenvalue weighted by molar-refractivity contribution is 8.26. The highest BCUT2D eigenvalue weighted by atomic mass is 32.2. The monoisotopic (exact) mass is 644 g/mol. The molecule has 10 nitrogen and oxygen atoms in total. The zero-order valence-electron chi connectivity index (χ0n) is 24.6. The van der Waals surface area contributed by atoms with Gasteiger partial charge in [-0.05, 0) is 47.9 Å². The van der Waals surface area contributed by atoms with Gasteiger partial charge in [0.2, 0.25) is 11.8 Å². The molecule has 240 valence electrons. The van der Waals surface area contributed by atoms with Crippen molar-refractivity contribution in [1.29, 1.82) is 10.8 Å². The molecular formula is C31H35F3N6O4S. The van der Waals surface area contributed by atoms with Crippen molar-refractivity contribution >= 4 is 39.7 Å². The number of nitrogens with one attached hydrogen (secondary N) is 3. The summed E-state index contributed by atoms with van der Waals surface area (Å²) in [4.78, 5) is 43.5. The molecule has 0 spiro atoms. The van der Waals surface area contributed by atoms with E-state index >= 15 is 0 Å². The van der Waals surface area contributed by atoms with Crippen molar-refractivity contribution in [2.45, 2.75) is 64.0 Å². The van der Waals surface area contributed by atoms with Gasteiger partial charge < -0.3 is 14.5 Å². The van der Waals surface area contributed by atoms with E-state index < -0.39 is 23.2 Å². The Kier molecular flexibility index (Phi) is 10.1. The van der Waals surface area contributed by atoms with Crippen LogP contribution in [0.15, 0.2) is 42.5 Å². The van der Waals surface area contributed by atoms with Gasteiger partial charge in [0.1, 0.15) is 18.4 Å². The molecule has 3 aliphatic rings. The van der Waals surface area contributed by atoms with Crippen LogP contribution in [-0.4, -0.2) is 81.0 Å². The number of hydrogen-bond acceptors (Lipinski definition) is 8. The lowest BCUT2D eigenvalue weighted by Crippen LogP contribution is -2.48. The van der Waals surface area contributed by atoms with E-state index in [-0.39, 0.29) is 41.9 Å². The highest BCUT2D eigenvalue weighted by Crippen LogP contribution is 2.34. The third kappa shape index (κ3) is 8.03. The number of benzene rings is 2. The molecule has 3 aliphatic heterocycles. The van der Waals surface area contributed by atoms with Gasteiger partial charge in [0.25, 0.3) is 5.91 Å². The van der Waals surface area contributed by atoms with Crippen molar-refractivity contribution < 1.29 is 32.3 Å². The average molecular weight is 645 g/mol. The number of imide groups is 1. The molecule has 0 saturated carbocycles. The SMILES string of the molecule is N=C(SC(=N)C(F)(F)F)N1CCN(Cc2ccc(COc3cccc4c3CN(C3CCCCCC(=O)NC3=O)C4=O)cc2)CC1. The summed E-state index contributed by atoms with van der Waals surface area (Å²) in [6, 6.07) is 12.5. The van der Waals surface area contributed by atoms with Crippen LogP contribution in [-0.2, 0) is 29.3 Å². The first kappa shape index (κ1) is 32.5. The van der Waals surface area contributed by atoms with Crippen LogP contribution in [0.3, 0.4) is 0 Å². The van der Waals surface area contributed by atoms with Crippen LogP contribution in [0, 0.1) is 10.8 Å². The van der Waals surface area contributed by atoms with Gasteiger partial charge in [-0.25, -0.2) is 0 Å². The Morgan fingerprint density at radius 3 is 2.38 bits per heavy atom. The lowest BCUT2D eigenvalue weighted by molar-refractivity contribution is -0.133. The van der Waals surface area contributed by atoms with Gasteiger partial charge in [0, 0.05) is 50.3 Å². The quantitative estimate of drug-likeness (QED) is 0.240. The maximum absolute atomic E-state index is 13.3. The second-order valence-corrected chi connectivity index (χ2v) is 12.3. The van der Waals surface area contributed by atoms with Crippen LogP contribution in [0.5, 0.6) is 5.75 Å². The molecule has 3 heterocycles. The minimum atomic E-state index is -4.74. The molecule has 5 rings (SSSR count). The van der Waals surface area contributed by atoms with Gasteiger partial charge in [-0.15, -0.1) is 0 Å². The fourth-order valence-corrected chi connectivity index (χ4v) is 6.33. The summed E-state index contributed by atoms with van der Waals surface area (Å²) in [5.41, 5.74) is 3.20. The topological polar surface area (TPSA) is 130 Å². The Bertz CT molecular complexity index is 1460. The summed E-state index contributed by atoms with van der Waals surface area (Å²) < 4.78 is 44.0. The van der Waals surface area contributed by atoms with E-state index in [1.165, 1.54) is 4.90 Å². The molecule has 3 N–H and O–H groups in total. The second kappa shape index (κ2) is 14.0. The van der Waals surface area contributed by atoms with Gasteiger partial charge in [-0.2, -0.15) is 13.2 Å². The Labute approximate surface area is 263 Å². The molecule has 1 atom stereocenters. The molecule has 1 unspecified atom stereocenters. The maximum atomic E-state index is 13.3. The molecule has 2 aromatic carbocycles. The van der Waals surface area contributed by atoms with Gasteiger partial charge in [-0.3, -0.25) is 35.4 Å².